The van der Waals surface area contributed by atoms with Crippen molar-refractivity contribution in [1.82, 2.24) is 0 Å². The van der Waals surface area contributed by atoms with Crippen LogP contribution in [0.15, 0.2) is 24.3 Å². The van der Waals surface area contributed by atoms with E-state index in [1.54, 1.807) is 6.08 Å². The van der Waals surface area contributed by atoms with Gasteiger partial charge in [0.1, 0.15) is 5.78 Å². The van der Waals surface area contributed by atoms with Crippen LogP contribution in [0.1, 0.15) is 64.2 Å². The van der Waals surface area contributed by atoms with Crippen LogP contribution in [-0.4, -0.2) is 11.6 Å². The van der Waals surface area contributed by atoms with Gasteiger partial charge in [-0.25, -0.2) is 0 Å². The maximum atomic E-state index is 11.5. The molecule has 100 valence electrons. The number of allylic oxidation sites excluding steroid dienone is 4. The van der Waals surface area contributed by atoms with Crippen molar-refractivity contribution in [1.29, 1.82) is 0 Å². The summed E-state index contributed by atoms with van der Waals surface area (Å²) in [6, 6.07) is 0. The summed E-state index contributed by atoms with van der Waals surface area (Å²) in [6.45, 7) is 0. The lowest BCUT2D eigenvalue weighted by Crippen LogP contribution is -1.97. The van der Waals surface area contributed by atoms with Crippen molar-refractivity contribution in [3.63, 3.8) is 0 Å². The Balaban J connectivity index is 2.37. The summed E-state index contributed by atoms with van der Waals surface area (Å²) in [6.07, 6.45) is 16.7. The quantitative estimate of drug-likeness (QED) is 0.645. The highest BCUT2D eigenvalue weighted by Crippen LogP contribution is 2.10. The van der Waals surface area contributed by atoms with Gasteiger partial charge in [-0.1, -0.05) is 37.5 Å². The number of ketones is 2. The van der Waals surface area contributed by atoms with Crippen LogP contribution >= 0.6 is 0 Å². The summed E-state index contributed by atoms with van der Waals surface area (Å²) in [7, 11) is 0. The monoisotopic (exact) mass is 248 g/mol. The molecule has 0 unspecified atom stereocenters. The van der Waals surface area contributed by atoms with Gasteiger partial charge < -0.3 is 0 Å². The molecule has 0 bridgehead atoms. The summed E-state index contributed by atoms with van der Waals surface area (Å²) < 4.78 is 0. The Hall–Kier alpha value is -1.18. The summed E-state index contributed by atoms with van der Waals surface area (Å²) in [5.41, 5.74) is 0. The molecule has 0 fully saturated rings. The van der Waals surface area contributed by atoms with Crippen LogP contribution < -0.4 is 0 Å². The van der Waals surface area contributed by atoms with E-state index in [4.69, 9.17) is 0 Å². The molecule has 2 heteroatoms. The fourth-order valence-corrected chi connectivity index (χ4v) is 2.11. The summed E-state index contributed by atoms with van der Waals surface area (Å²) in [5, 5.41) is 0. The molecular weight excluding hydrogens is 224 g/mol. The van der Waals surface area contributed by atoms with Crippen LogP contribution in [0.2, 0.25) is 0 Å². The smallest absolute Gasteiger partial charge is 0.155 e. The molecule has 0 aromatic heterocycles. The van der Waals surface area contributed by atoms with Gasteiger partial charge in [0, 0.05) is 19.3 Å². The molecule has 0 saturated heterocycles. The van der Waals surface area contributed by atoms with Gasteiger partial charge in [0.15, 0.2) is 5.78 Å². The molecule has 0 amide bonds. The molecule has 0 atom stereocenters. The first-order chi connectivity index (χ1) is 8.79. The second-order valence-corrected chi connectivity index (χ2v) is 4.95. The van der Waals surface area contributed by atoms with E-state index in [0.29, 0.717) is 18.6 Å². The van der Waals surface area contributed by atoms with E-state index >= 15 is 0 Å². The molecule has 1 aliphatic rings. The van der Waals surface area contributed by atoms with Gasteiger partial charge in [-0.15, -0.1) is 0 Å². The lowest BCUT2D eigenvalue weighted by atomic mass is 10.0. The topological polar surface area (TPSA) is 34.1 Å². The molecule has 0 spiro atoms. The average Bonchev–Trinajstić information content (AvgIpc) is 2.35. The Kier molecular flexibility index (Phi) is 8.11. The molecule has 1 aliphatic carbocycles. The molecule has 2 nitrogen and oxygen atoms in total. The molecular formula is C16H24O2. The number of carbonyl (C=O) groups excluding carboxylic acids is 2. The molecule has 0 aliphatic heterocycles. The van der Waals surface area contributed by atoms with Crippen molar-refractivity contribution < 1.29 is 9.59 Å². The van der Waals surface area contributed by atoms with Crippen LogP contribution in [0, 0.1) is 0 Å². The van der Waals surface area contributed by atoms with Gasteiger partial charge in [0.25, 0.3) is 0 Å². The first-order valence-electron chi connectivity index (χ1n) is 7.17. The highest BCUT2D eigenvalue weighted by Gasteiger charge is 2.02. The van der Waals surface area contributed by atoms with Gasteiger partial charge in [0.05, 0.1) is 0 Å². The Morgan fingerprint density at radius 1 is 0.722 bits per heavy atom. The van der Waals surface area contributed by atoms with Crippen molar-refractivity contribution in [2.75, 3.05) is 0 Å². The maximum Gasteiger partial charge on any atom is 0.155 e. The number of Topliss-reactive ketones (excluding diaryl/α,β-unsaturated/α-hetero) is 1. The van der Waals surface area contributed by atoms with E-state index < -0.39 is 0 Å². The maximum absolute atomic E-state index is 11.5. The van der Waals surface area contributed by atoms with E-state index in [0.717, 1.165) is 51.4 Å². The standard InChI is InChI=1S/C16H24O2/c17-15-11-7-3-1-4-8-12-16(18)14-10-6-2-5-9-13-15/h1,3,7,11H,2,4-6,8-10,12-14H2. The minimum atomic E-state index is 0.224. The molecule has 1 rings (SSSR count). The Morgan fingerprint density at radius 2 is 1.39 bits per heavy atom. The number of hydrogen-bond acceptors (Lipinski definition) is 2. The fourth-order valence-electron chi connectivity index (χ4n) is 2.11. The molecule has 0 radical (unpaired) electrons. The molecule has 0 aromatic carbocycles. The Morgan fingerprint density at radius 3 is 2.22 bits per heavy atom. The third-order valence-corrected chi connectivity index (χ3v) is 3.23. The Bertz CT molecular complexity index is 313. The zero-order valence-corrected chi connectivity index (χ0v) is 11.2. The van der Waals surface area contributed by atoms with Gasteiger partial charge >= 0.3 is 0 Å². The van der Waals surface area contributed by atoms with Crippen molar-refractivity contribution in [3.05, 3.63) is 24.3 Å². The zero-order valence-electron chi connectivity index (χ0n) is 11.2. The highest BCUT2D eigenvalue weighted by atomic mass is 16.1. The molecule has 18 heavy (non-hydrogen) atoms. The highest BCUT2D eigenvalue weighted by molar-refractivity contribution is 5.89. The lowest BCUT2D eigenvalue weighted by Gasteiger charge is -2.02. The van der Waals surface area contributed by atoms with Crippen LogP contribution in [0.25, 0.3) is 0 Å². The van der Waals surface area contributed by atoms with Gasteiger partial charge in [-0.2, -0.15) is 0 Å². The minimum absolute atomic E-state index is 0.224. The van der Waals surface area contributed by atoms with Crippen molar-refractivity contribution >= 4 is 11.6 Å². The van der Waals surface area contributed by atoms with Crippen LogP contribution in [-0.2, 0) is 9.59 Å². The summed E-state index contributed by atoms with van der Waals surface area (Å²) >= 11 is 0. The van der Waals surface area contributed by atoms with E-state index in [1.807, 2.05) is 18.2 Å². The SMILES string of the molecule is O=C1C=CC=CCCCC(=O)CCCCCCC1. The van der Waals surface area contributed by atoms with Gasteiger partial charge in [-0.3, -0.25) is 9.59 Å². The van der Waals surface area contributed by atoms with E-state index in [1.165, 1.54) is 0 Å². The molecule has 0 N–H and O–H groups in total. The molecule has 0 aromatic rings. The summed E-state index contributed by atoms with van der Waals surface area (Å²) in [4.78, 5) is 23.0. The average molecular weight is 248 g/mol. The predicted octanol–water partition coefficient (Wildman–Crippen LogP) is 4.15. The Labute approximate surface area is 110 Å². The third kappa shape index (κ3) is 7.99. The molecule has 0 saturated carbocycles. The number of carbonyl (C=O) groups is 2. The second-order valence-electron chi connectivity index (χ2n) is 4.95. The predicted molar refractivity (Wildman–Crippen MR) is 74.5 cm³/mol. The third-order valence-electron chi connectivity index (χ3n) is 3.23. The molecule has 0 heterocycles. The first-order valence-corrected chi connectivity index (χ1v) is 7.17. The van der Waals surface area contributed by atoms with Crippen molar-refractivity contribution in [2.24, 2.45) is 0 Å². The van der Waals surface area contributed by atoms with Crippen LogP contribution in [0.4, 0.5) is 0 Å². The summed E-state index contributed by atoms with van der Waals surface area (Å²) in [5.74, 6) is 0.628. The van der Waals surface area contributed by atoms with Crippen molar-refractivity contribution in [3.8, 4) is 0 Å². The fraction of sp³-hybridized carbons (Fsp3) is 0.625. The van der Waals surface area contributed by atoms with Gasteiger partial charge in [0.2, 0.25) is 0 Å². The second kappa shape index (κ2) is 9.81. The lowest BCUT2D eigenvalue weighted by molar-refractivity contribution is -0.119. The van der Waals surface area contributed by atoms with Crippen LogP contribution in [0.5, 0.6) is 0 Å². The number of rotatable bonds is 0. The van der Waals surface area contributed by atoms with Gasteiger partial charge in [-0.05, 0) is 31.8 Å². The van der Waals surface area contributed by atoms with Crippen molar-refractivity contribution in [2.45, 2.75) is 64.2 Å². The van der Waals surface area contributed by atoms with E-state index in [-0.39, 0.29) is 5.78 Å². The van der Waals surface area contributed by atoms with Crippen LogP contribution in [0.3, 0.4) is 0 Å². The zero-order chi connectivity index (χ0) is 13.1. The number of hydrogen-bond donors (Lipinski definition) is 0. The largest absolute Gasteiger partial charge is 0.300 e. The normalized spacial score (nSPS) is 21.1. The van der Waals surface area contributed by atoms with E-state index in [2.05, 4.69) is 0 Å². The minimum Gasteiger partial charge on any atom is -0.300 e. The van der Waals surface area contributed by atoms with E-state index in [9.17, 15) is 9.59 Å². The first kappa shape index (κ1) is 14.9.